The summed E-state index contributed by atoms with van der Waals surface area (Å²) in [7, 11) is 3.38. The molecule has 20 heavy (non-hydrogen) atoms. The summed E-state index contributed by atoms with van der Waals surface area (Å²) in [6.07, 6.45) is 0.354. The lowest BCUT2D eigenvalue weighted by atomic mass is 10.0. The number of nitrogens with zero attached hydrogens (tertiary/aromatic N) is 2. The number of benzene rings is 1. The number of hydrogen-bond donors (Lipinski definition) is 1. The second kappa shape index (κ2) is 5.66. The van der Waals surface area contributed by atoms with Crippen LogP contribution in [0.2, 0.25) is 0 Å². The molecule has 1 aromatic heterocycles. The number of rotatable bonds is 4. The van der Waals surface area contributed by atoms with Gasteiger partial charge in [0.1, 0.15) is 17.5 Å². The minimum Gasteiger partial charge on any atom is -0.312 e. The number of likely N-dealkylation sites (N-methyl/N-ethyl adjacent to an activating group) is 1. The van der Waals surface area contributed by atoms with Gasteiger partial charge in [0.15, 0.2) is 0 Å². The van der Waals surface area contributed by atoms with Gasteiger partial charge in [0.25, 0.3) is 0 Å². The largest absolute Gasteiger partial charge is 0.312 e. The van der Waals surface area contributed by atoms with Gasteiger partial charge in [-0.15, -0.1) is 0 Å². The van der Waals surface area contributed by atoms with Gasteiger partial charge in [-0.05, 0) is 20.0 Å². The van der Waals surface area contributed by atoms with Gasteiger partial charge >= 0.3 is 0 Å². The van der Waals surface area contributed by atoms with Crippen molar-refractivity contribution in [3.05, 3.63) is 52.6 Å². The minimum absolute atomic E-state index is 0.159. The van der Waals surface area contributed by atoms with Gasteiger partial charge in [-0.2, -0.15) is 5.10 Å². The maximum atomic E-state index is 13.8. The predicted octanol–water partition coefficient (Wildman–Crippen LogP) is 2.65. The van der Waals surface area contributed by atoms with E-state index < -0.39 is 23.5 Å². The molecule has 0 radical (unpaired) electrons. The van der Waals surface area contributed by atoms with Crippen LogP contribution < -0.4 is 5.32 Å². The molecule has 0 bridgehead atoms. The third-order valence-electron chi connectivity index (χ3n) is 3.25. The predicted molar refractivity (Wildman–Crippen MR) is 69.8 cm³/mol. The highest BCUT2D eigenvalue weighted by Crippen LogP contribution is 2.25. The highest BCUT2D eigenvalue weighted by molar-refractivity contribution is 5.26. The fourth-order valence-corrected chi connectivity index (χ4v) is 2.30. The standard InChI is InChI=1S/C14H16F3N3/c1-8-4-10(20(3)19-8)7-13(18-2)14-11(16)5-9(15)6-12(14)17/h4-6,13,18H,7H2,1-3H3. The maximum Gasteiger partial charge on any atom is 0.133 e. The topological polar surface area (TPSA) is 29.9 Å². The van der Waals surface area contributed by atoms with Crippen LogP contribution in [-0.4, -0.2) is 16.8 Å². The Hall–Kier alpha value is -1.82. The van der Waals surface area contributed by atoms with Crippen molar-refractivity contribution in [2.45, 2.75) is 19.4 Å². The Morgan fingerprint density at radius 3 is 2.25 bits per heavy atom. The Balaban J connectivity index is 2.36. The van der Waals surface area contributed by atoms with Crippen molar-refractivity contribution in [2.24, 2.45) is 7.05 Å². The van der Waals surface area contributed by atoms with Crippen LogP contribution in [-0.2, 0) is 13.5 Å². The first-order chi connectivity index (χ1) is 9.42. The molecule has 0 aliphatic carbocycles. The molecule has 0 spiro atoms. The number of hydrogen-bond acceptors (Lipinski definition) is 2. The average molecular weight is 283 g/mol. The third-order valence-corrected chi connectivity index (χ3v) is 3.25. The van der Waals surface area contributed by atoms with Crippen LogP contribution in [0.15, 0.2) is 18.2 Å². The molecule has 1 heterocycles. The van der Waals surface area contributed by atoms with Gasteiger partial charge in [-0.25, -0.2) is 13.2 Å². The molecular formula is C14H16F3N3. The molecule has 0 fully saturated rings. The zero-order valence-electron chi connectivity index (χ0n) is 11.5. The average Bonchev–Trinajstić information content (AvgIpc) is 2.65. The Morgan fingerprint density at radius 2 is 1.80 bits per heavy atom. The number of halogens is 3. The molecule has 0 saturated heterocycles. The smallest absolute Gasteiger partial charge is 0.133 e. The van der Waals surface area contributed by atoms with E-state index in [0.717, 1.165) is 11.4 Å². The van der Waals surface area contributed by atoms with E-state index in [-0.39, 0.29) is 5.56 Å². The molecule has 1 N–H and O–H groups in total. The Bertz CT molecular complexity index is 599. The van der Waals surface area contributed by atoms with Crippen LogP contribution >= 0.6 is 0 Å². The second-order valence-corrected chi connectivity index (χ2v) is 4.73. The van der Waals surface area contributed by atoms with E-state index in [2.05, 4.69) is 10.4 Å². The highest BCUT2D eigenvalue weighted by Gasteiger charge is 2.21. The fraction of sp³-hybridized carbons (Fsp3) is 0.357. The SMILES string of the molecule is CNC(Cc1cc(C)nn1C)c1c(F)cc(F)cc1F. The number of aryl methyl sites for hydroxylation is 2. The van der Waals surface area contributed by atoms with Crippen molar-refractivity contribution in [1.82, 2.24) is 15.1 Å². The molecule has 3 nitrogen and oxygen atoms in total. The van der Waals surface area contributed by atoms with E-state index in [9.17, 15) is 13.2 Å². The Morgan fingerprint density at radius 1 is 1.20 bits per heavy atom. The molecule has 2 rings (SSSR count). The lowest BCUT2D eigenvalue weighted by molar-refractivity contribution is 0.468. The Kier molecular flexibility index (Phi) is 4.13. The van der Waals surface area contributed by atoms with Crippen molar-refractivity contribution < 1.29 is 13.2 Å². The van der Waals surface area contributed by atoms with Crippen molar-refractivity contribution in [2.75, 3.05) is 7.05 Å². The van der Waals surface area contributed by atoms with Gasteiger partial charge in [-0.3, -0.25) is 4.68 Å². The summed E-state index contributed by atoms with van der Waals surface area (Å²) >= 11 is 0. The van der Waals surface area contributed by atoms with E-state index in [1.165, 1.54) is 0 Å². The van der Waals surface area contributed by atoms with Gasteiger partial charge in [0, 0.05) is 42.9 Å². The minimum atomic E-state index is -0.921. The van der Waals surface area contributed by atoms with Crippen LogP contribution in [0.3, 0.4) is 0 Å². The van der Waals surface area contributed by atoms with Crippen LogP contribution in [0.5, 0.6) is 0 Å². The molecule has 0 aliphatic heterocycles. The monoisotopic (exact) mass is 283 g/mol. The van der Waals surface area contributed by atoms with Crippen LogP contribution in [0.25, 0.3) is 0 Å². The summed E-state index contributed by atoms with van der Waals surface area (Å²) in [5.74, 6) is -2.70. The first kappa shape index (κ1) is 14.6. The fourth-order valence-electron chi connectivity index (χ4n) is 2.30. The molecule has 1 aromatic carbocycles. The number of aromatic nitrogens is 2. The summed E-state index contributed by atoms with van der Waals surface area (Å²) < 4.78 is 42.3. The quantitative estimate of drug-likeness (QED) is 0.935. The second-order valence-electron chi connectivity index (χ2n) is 4.73. The van der Waals surface area contributed by atoms with Gasteiger partial charge in [-0.1, -0.05) is 0 Å². The first-order valence-electron chi connectivity index (χ1n) is 6.23. The summed E-state index contributed by atoms with van der Waals surface area (Å²) in [4.78, 5) is 0. The maximum absolute atomic E-state index is 13.8. The van der Waals surface area contributed by atoms with E-state index in [1.54, 1.807) is 18.8 Å². The van der Waals surface area contributed by atoms with Crippen molar-refractivity contribution in [1.29, 1.82) is 0 Å². The molecule has 0 aliphatic rings. The zero-order chi connectivity index (χ0) is 14.9. The first-order valence-corrected chi connectivity index (χ1v) is 6.23. The molecule has 0 amide bonds. The normalized spacial score (nSPS) is 12.7. The van der Waals surface area contributed by atoms with Gasteiger partial charge in [0.2, 0.25) is 0 Å². The van der Waals surface area contributed by atoms with E-state index >= 15 is 0 Å². The molecule has 6 heteroatoms. The van der Waals surface area contributed by atoms with Crippen molar-refractivity contribution in [3.8, 4) is 0 Å². The Labute approximate surface area is 115 Å². The number of nitrogens with one attached hydrogen (secondary N) is 1. The summed E-state index contributed by atoms with van der Waals surface area (Å²) in [5.41, 5.74) is 1.51. The molecule has 108 valence electrons. The van der Waals surface area contributed by atoms with Crippen molar-refractivity contribution >= 4 is 0 Å². The summed E-state index contributed by atoms with van der Waals surface area (Å²) in [5, 5.41) is 7.05. The molecule has 1 atom stereocenters. The molecule has 2 aromatic rings. The lowest BCUT2D eigenvalue weighted by Gasteiger charge is -2.18. The summed E-state index contributed by atoms with van der Waals surface area (Å²) in [6.45, 7) is 1.84. The molecule has 1 unspecified atom stereocenters. The van der Waals surface area contributed by atoms with E-state index in [1.807, 2.05) is 13.0 Å². The van der Waals surface area contributed by atoms with E-state index in [4.69, 9.17) is 0 Å². The van der Waals surface area contributed by atoms with Crippen LogP contribution in [0.4, 0.5) is 13.2 Å². The van der Waals surface area contributed by atoms with Crippen LogP contribution in [0, 0.1) is 24.4 Å². The zero-order valence-corrected chi connectivity index (χ0v) is 11.5. The molecule has 0 saturated carbocycles. The van der Waals surface area contributed by atoms with Gasteiger partial charge < -0.3 is 5.32 Å². The third kappa shape index (κ3) is 2.85. The van der Waals surface area contributed by atoms with Crippen LogP contribution in [0.1, 0.15) is 23.0 Å². The highest BCUT2D eigenvalue weighted by atomic mass is 19.1. The van der Waals surface area contributed by atoms with Gasteiger partial charge in [0.05, 0.1) is 5.69 Å². The molecular weight excluding hydrogens is 267 g/mol. The lowest BCUT2D eigenvalue weighted by Crippen LogP contribution is -2.22. The summed E-state index contributed by atoms with van der Waals surface area (Å²) in [6, 6.07) is 2.64. The van der Waals surface area contributed by atoms with E-state index in [0.29, 0.717) is 18.6 Å². The van der Waals surface area contributed by atoms with Crippen molar-refractivity contribution in [3.63, 3.8) is 0 Å².